The quantitative estimate of drug-likeness (QED) is 0.747. The molecule has 2 unspecified atom stereocenters. The van der Waals surface area contributed by atoms with E-state index in [9.17, 15) is 4.79 Å². The van der Waals surface area contributed by atoms with Gasteiger partial charge < -0.3 is 0 Å². The molecule has 1 fully saturated rings. The van der Waals surface area contributed by atoms with E-state index < -0.39 is 0 Å². The van der Waals surface area contributed by atoms with Crippen LogP contribution in [0.15, 0.2) is 24.3 Å². The lowest BCUT2D eigenvalue weighted by Gasteiger charge is -2.29. The van der Waals surface area contributed by atoms with Gasteiger partial charge in [0, 0.05) is 22.3 Å². The van der Waals surface area contributed by atoms with Crippen molar-refractivity contribution in [3.8, 4) is 0 Å². The molecule has 0 spiro atoms. The minimum atomic E-state index is 0.138. The molecule has 0 aliphatic carbocycles. The highest BCUT2D eigenvalue weighted by Gasteiger charge is 2.31. The Hall–Kier alpha value is -0.410. The van der Waals surface area contributed by atoms with Gasteiger partial charge in [0.25, 0.3) is 0 Å². The Bertz CT molecular complexity index is 459. The molecule has 2 rings (SSSR count). The molecule has 0 N–H and O–H groups in total. The SMILES string of the molecule is CCC1SCCSC1C(=O)c1ccc(C(C)(C)C)cc1. The summed E-state index contributed by atoms with van der Waals surface area (Å²) in [5, 5.41) is 0.614. The molecule has 1 aliphatic rings. The molecule has 1 heterocycles. The van der Waals surface area contributed by atoms with Crippen LogP contribution < -0.4 is 0 Å². The third-order valence-corrected chi connectivity index (χ3v) is 6.99. The van der Waals surface area contributed by atoms with Crippen molar-refractivity contribution in [3.63, 3.8) is 0 Å². The average molecular weight is 309 g/mol. The normalized spacial score (nSPS) is 23.6. The Morgan fingerprint density at radius 1 is 1.15 bits per heavy atom. The predicted octanol–water partition coefficient (Wildman–Crippen LogP) is 4.79. The fraction of sp³-hybridized carbons (Fsp3) is 0.588. The summed E-state index contributed by atoms with van der Waals surface area (Å²) >= 11 is 3.80. The van der Waals surface area contributed by atoms with Gasteiger partial charge in [-0.1, -0.05) is 52.0 Å². The summed E-state index contributed by atoms with van der Waals surface area (Å²) in [6.07, 6.45) is 1.08. The van der Waals surface area contributed by atoms with Crippen molar-refractivity contribution in [2.75, 3.05) is 11.5 Å². The maximum Gasteiger partial charge on any atom is 0.176 e. The Morgan fingerprint density at radius 2 is 1.75 bits per heavy atom. The molecule has 0 aromatic heterocycles. The third kappa shape index (κ3) is 3.62. The lowest BCUT2D eigenvalue weighted by atomic mass is 9.86. The van der Waals surface area contributed by atoms with Gasteiger partial charge >= 0.3 is 0 Å². The Morgan fingerprint density at radius 3 is 2.30 bits per heavy atom. The predicted molar refractivity (Wildman–Crippen MR) is 92.3 cm³/mol. The van der Waals surface area contributed by atoms with Crippen LogP contribution in [0.1, 0.15) is 50.0 Å². The third-order valence-electron chi connectivity index (χ3n) is 3.75. The molecule has 0 radical (unpaired) electrons. The molecular weight excluding hydrogens is 284 g/mol. The van der Waals surface area contributed by atoms with Crippen molar-refractivity contribution in [1.29, 1.82) is 0 Å². The van der Waals surface area contributed by atoms with Crippen LogP contribution in [0, 0.1) is 0 Å². The molecule has 20 heavy (non-hydrogen) atoms. The van der Waals surface area contributed by atoms with Crippen molar-refractivity contribution < 1.29 is 4.79 Å². The molecule has 1 nitrogen and oxygen atoms in total. The standard InChI is InChI=1S/C17H24OS2/c1-5-14-16(20-11-10-19-14)15(18)12-6-8-13(9-7-12)17(2,3)4/h6-9,14,16H,5,10-11H2,1-4H3. The molecule has 0 bridgehead atoms. The minimum Gasteiger partial charge on any atom is -0.293 e. The van der Waals surface area contributed by atoms with Gasteiger partial charge in [0.05, 0.1) is 5.25 Å². The fourth-order valence-corrected chi connectivity index (χ4v) is 5.47. The van der Waals surface area contributed by atoms with E-state index in [1.165, 1.54) is 11.3 Å². The molecule has 2 atom stereocenters. The number of Topliss-reactive ketones (excluding diaryl/α,β-unsaturated/α-hetero) is 1. The number of thioether (sulfide) groups is 2. The highest BCUT2D eigenvalue weighted by Crippen LogP contribution is 2.35. The molecule has 0 amide bonds. The second kappa shape index (κ2) is 6.57. The van der Waals surface area contributed by atoms with E-state index in [2.05, 4.69) is 39.8 Å². The number of carbonyl (C=O) groups excluding carboxylic acids is 1. The van der Waals surface area contributed by atoms with Gasteiger partial charge in [-0.3, -0.25) is 4.79 Å². The largest absolute Gasteiger partial charge is 0.293 e. The number of rotatable bonds is 3. The van der Waals surface area contributed by atoms with Crippen LogP contribution in [0.2, 0.25) is 0 Å². The summed E-state index contributed by atoms with van der Waals surface area (Å²) < 4.78 is 0. The number of benzene rings is 1. The summed E-state index contributed by atoms with van der Waals surface area (Å²) in [4.78, 5) is 12.7. The summed E-state index contributed by atoms with van der Waals surface area (Å²) in [7, 11) is 0. The van der Waals surface area contributed by atoms with E-state index in [0.717, 1.165) is 17.7 Å². The van der Waals surface area contributed by atoms with Gasteiger partial charge in [0.2, 0.25) is 0 Å². The lowest BCUT2D eigenvalue weighted by Crippen LogP contribution is -2.32. The summed E-state index contributed by atoms with van der Waals surface area (Å²) in [5.41, 5.74) is 2.30. The van der Waals surface area contributed by atoms with E-state index in [0.29, 0.717) is 11.0 Å². The van der Waals surface area contributed by atoms with E-state index >= 15 is 0 Å². The van der Waals surface area contributed by atoms with Gasteiger partial charge in [-0.2, -0.15) is 11.8 Å². The smallest absolute Gasteiger partial charge is 0.176 e. The molecule has 1 aliphatic heterocycles. The zero-order chi connectivity index (χ0) is 14.8. The second-order valence-electron chi connectivity index (χ2n) is 6.30. The zero-order valence-corrected chi connectivity index (χ0v) is 14.4. The van der Waals surface area contributed by atoms with Crippen LogP contribution in [-0.2, 0) is 5.41 Å². The van der Waals surface area contributed by atoms with Crippen molar-refractivity contribution in [2.45, 2.75) is 50.0 Å². The van der Waals surface area contributed by atoms with E-state index in [1.54, 1.807) is 0 Å². The lowest BCUT2D eigenvalue weighted by molar-refractivity contribution is 0.0988. The van der Waals surface area contributed by atoms with Crippen LogP contribution in [0.3, 0.4) is 0 Å². The fourth-order valence-electron chi connectivity index (χ4n) is 2.44. The number of hydrogen-bond acceptors (Lipinski definition) is 3. The van der Waals surface area contributed by atoms with Crippen LogP contribution in [-0.4, -0.2) is 27.8 Å². The molecular formula is C17H24OS2. The number of hydrogen-bond donors (Lipinski definition) is 0. The first-order valence-corrected chi connectivity index (χ1v) is 9.41. The van der Waals surface area contributed by atoms with E-state index in [-0.39, 0.29) is 10.7 Å². The molecule has 1 aromatic carbocycles. The molecule has 0 saturated carbocycles. The highest BCUT2D eigenvalue weighted by molar-refractivity contribution is 8.07. The average Bonchev–Trinajstić information content (AvgIpc) is 2.45. The Kier molecular flexibility index (Phi) is 5.25. The first-order valence-electron chi connectivity index (χ1n) is 7.31. The van der Waals surface area contributed by atoms with Crippen molar-refractivity contribution in [1.82, 2.24) is 0 Å². The summed E-state index contributed by atoms with van der Waals surface area (Å²) in [5.74, 6) is 2.59. The van der Waals surface area contributed by atoms with Gasteiger partial charge in [-0.25, -0.2) is 0 Å². The van der Waals surface area contributed by atoms with Crippen LogP contribution in [0.4, 0.5) is 0 Å². The number of carbonyl (C=O) groups is 1. The van der Waals surface area contributed by atoms with Gasteiger partial charge in [-0.15, -0.1) is 11.8 Å². The van der Waals surface area contributed by atoms with Crippen molar-refractivity contribution >= 4 is 29.3 Å². The topological polar surface area (TPSA) is 17.1 Å². The minimum absolute atomic E-state index is 0.138. The van der Waals surface area contributed by atoms with E-state index in [1.807, 2.05) is 35.7 Å². The maximum atomic E-state index is 12.7. The molecule has 1 saturated heterocycles. The Balaban J connectivity index is 2.16. The molecule has 110 valence electrons. The Labute approximate surface area is 131 Å². The van der Waals surface area contributed by atoms with Gasteiger partial charge in [0.1, 0.15) is 0 Å². The summed E-state index contributed by atoms with van der Waals surface area (Å²) in [6.45, 7) is 8.78. The maximum absolute atomic E-state index is 12.7. The van der Waals surface area contributed by atoms with Gasteiger partial charge in [-0.05, 0) is 17.4 Å². The first-order chi connectivity index (χ1) is 9.43. The molecule has 1 aromatic rings. The zero-order valence-electron chi connectivity index (χ0n) is 12.8. The van der Waals surface area contributed by atoms with Crippen LogP contribution >= 0.6 is 23.5 Å². The van der Waals surface area contributed by atoms with Crippen LogP contribution in [0.5, 0.6) is 0 Å². The van der Waals surface area contributed by atoms with Crippen molar-refractivity contribution in [3.05, 3.63) is 35.4 Å². The van der Waals surface area contributed by atoms with Crippen molar-refractivity contribution in [2.24, 2.45) is 0 Å². The van der Waals surface area contributed by atoms with Crippen LogP contribution in [0.25, 0.3) is 0 Å². The van der Waals surface area contributed by atoms with E-state index in [4.69, 9.17) is 0 Å². The highest BCUT2D eigenvalue weighted by atomic mass is 32.2. The molecule has 3 heteroatoms. The van der Waals surface area contributed by atoms with Gasteiger partial charge in [0.15, 0.2) is 5.78 Å². The second-order valence-corrected chi connectivity index (χ2v) is 8.90. The first kappa shape index (κ1) is 16.0. The number of ketones is 1. The summed E-state index contributed by atoms with van der Waals surface area (Å²) in [6, 6.07) is 8.23. The monoisotopic (exact) mass is 308 g/mol.